The molecule has 1 heterocycles. The van der Waals surface area contributed by atoms with Crippen molar-refractivity contribution in [3.05, 3.63) is 57.6 Å². The van der Waals surface area contributed by atoms with Crippen LogP contribution < -0.4 is 9.62 Å². The van der Waals surface area contributed by atoms with E-state index in [4.69, 9.17) is 23.2 Å². The van der Waals surface area contributed by atoms with Crippen molar-refractivity contribution >= 4 is 56.6 Å². The molecule has 1 saturated carbocycles. The summed E-state index contributed by atoms with van der Waals surface area (Å²) >= 11 is 13.7. The fraction of sp³-hybridized carbons (Fsp3) is 0.381. The van der Waals surface area contributed by atoms with Crippen LogP contribution in [0.15, 0.2) is 41.3 Å². The monoisotopic (exact) mass is 484 g/mol. The first kappa shape index (κ1) is 22.0. The quantitative estimate of drug-likeness (QED) is 0.559. The van der Waals surface area contributed by atoms with Crippen LogP contribution in [0.2, 0.25) is 10.0 Å². The molecule has 30 heavy (non-hydrogen) atoms. The lowest BCUT2D eigenvalue weighted by Gasteiger charge is -2.17. The Hall–Kier alpha value is -1.25. The molecule has 0 atom stereocenters. The zero-order chi connectivity index (χ0) is 21.3. The predicted molar refractivity (Wildman–Crippen MR) is 123 cm³/mol. The molecule has 2 aromatic carbocycles. The van der Waals surface area contributed by atoms with Gasteiger partial charge in [0.2, 0.25) is 15.9 Å². The number of anilines is 1. The second-order valence-corrected chi connectivity index (χ2v) is 11.2. The highest BCUT2D eigenvalue weighted by molar-refractivity contribution is 7.98. The Morgan fingerprint density at radius 1 is 1.17 bits per heavy atom. The minimum absolute atomic E-state index is 0.154. The molecule has 0 saturated heterocycles. The molecule has 1 fully saturated rings. The van der Waals surface area contributed by atoms with Crippen molar-refractivity contribution in [2.45, 2.75) is 29.9 Å². The van der Waals surface area contributed by atoms with E-state index < -0.39 is 10.0 Å². The van der Waals surface area contributed by atoms with Gasteiger partial charge in [-0.25, -0.2) is 13.1 Å². The van der Waals surface area contributed by atoms with Gasteiger partial charge in [-0.05, 0) is 60.7 Å². The molecule has 160 valence electrons. The summed E-state index contributed by atoms with van der Waals surface area (Å²) in [4.78, 5) is 14.4. The van der Waals surface area contributed by atoms with Crippen molar-refractivity contribution in [3.63, 3.8) is 0 Å². The maximum Gasteiger partial charge on any atom is 0.240 e. The van der Waals surface area contributed by atoms with Crippen LogP contribution in [0.1, 0.15) is 24.0 Å². The molecule has 0 unspecified atom stereocenters. The number of thioether (sulfide) groups is 1. The molecule has 0 spiro atoms. The Morgan fingerprint density at radius 3 is 2.70 bits per heavy atom. The number of hydrogen-bond acceptors (Lipinski definition) is 4. The smallest absolute Gasteiger partial charge is 0.240 e. The third kappa shape index (κ3) is 4.97. The van der Waals surface area contributed by atoms with E-state index in [-0.39, 0.29) is 16.7 Å². The summed E-state index contributed by atoms with van der Waals surface area (Å²) in [5.74, 6) is 1.62. The summed E-state index contributed by atoms with van der Waals surface area (Å²) in [7, 11) is -3.59. The third-order valence-corrected chi connectivity index (χ3v) is 8.31. The number of halogens is 2. The molecule has 1 aliphatic heterocycles. The molecule has 0 aromatic heterocycles. The minimum Gasteiger partial charge on any atom is -0.312 e. The van der Waals surface area contributed by atoms with Crippen molar-refractivity contribution in [2.75, 3.05) is 23.7 Å². The second-order valence-electron chi connectivity index (χ2n) is 7.49. The first-order valence-electron chi connectivity index (χ1n) is 9.81. The van der Waals surface area contributed by atoms with Crippen LogP contribution in [0.4, 0.5) is 5.69 Å². The van der Waals surface area contributed by atoms with Crippen LogP contribution in [0.25, 0.3) is 0 Å². The fourth-order valence-corrected chi connectivity index (χ4v) is 6.11. The van der Waals surface area contributed by atoms with Gasteiger partial charge in [0, 0.05) is 46.2 Å². The van der Waals surface area contributed by atoms with Gasteiger partial charge in [-0.2, -0.15) is 11.8 Å². The maximum atomic E-state index is 12.7. The number of carbonyl (C=O) groups excluding carboxylic acids is 1. The second kappa shape index (κ2) is 9.09. The first-order chi connectivity index (χ1) is 14.3. The van der Waals surface area contributed by atoms with E-state index in [0.29, 0.717) is 41.1 Å². The number of hydrogen-bond donors (Lipinski definition) is 1. The summed E-state index contributed by atoms with van der Waals surface area (Å²) < 4.78 is 28.0. The molecule has 1 N–H and O–H groups in total. The van der Waals surface area contributed by atoms with Crippen LogP contribution >= 0.6 is 35.0 Å². The van der Waals surface area contributed by atoms with Gasteiger partial charge in [0.15, 0.2) is 0 Å². The van der Waals surface area contributed by atoms with Crippen LogP contribution in [-0.2, 0) is 27.0 Å². The SMILES string of the molecule is O=C(C1CC1)N1CCc2cc(S(=O)(=O)NCCSCc3ccc(Cl)cc3Cl)ccc21. The van der Waals surface area contributed by atoms with Gasteiger partial charge in [-0.15, -0.1) is 0 Å². The highest BCUT2D eigenvalue weighted by Gasteiger charge is 2.36. The lowest BCUT2D eigenvalue weighted by Crippen LogP contribution is -2.30. The molecule has 0 bridgehead atoms. The van der Waals surface area contributed by atoms with Crippen molar-refractivity contribution in [1.29, 1.82) is 0 Å². The molecule has 9 heteroatoms. The zero-order valence-electron chi connectivity index (χ0n) is 16.2. The summed E-state index contributed by atoms with van der Waals surface area (Å²) in [6, 6.07) is 10.4. The van der Waals surface area contributed by atoms with Gasteiger partial charge >= 0.3 is 0 Å². The van der Waals surface area contributed by atoms with E-state index in [0.717, 1.165) is 29.7 Å². The van der Waals surface area contributed by atoms with E-state index in [2.05, 4.69) is 4.72 Å². The molecule has 1 amide bonds. The normalized spacial score (nSPS) is 16.0. The van der Waals surface area contributed by atoms with E-state index in [1.54, 1.807) is 47.0 Å². The summed E-state index contributed by atoms with van der Waals surface area (Å²) in [6.07, 6.45) is 2.61. The van der Waals surface area contributed by atoms with Crippen LogP contribution in [-0.4, -0.2) is 33.2 Å². The van der Waals surface area contributed by atoms with Gasteiger partial charge < -0.3 is 4.90 Å². The molecule has 4 rings (SSSR count). The Balaban J connectivity index is 1.31. The Kier molecular flexibility index (Phi) is 6.65. The largest absolute Gasteiger partial charge is 0.312 e. The van der Waals surface area contributed by atoms with Crippen LogP contribution in [0.3, 0.4) is 0 Å². The van der Waals surface area contributed by atoms with Gasteiger partial charge in [-0.3, -0.25) is 4.79 Å². The highest BCUT2D eigenvalue weighted by atomic mass is 35.5. The first-order valence-corrected chi connectivity index (χ1v) is 13.2. The summed E-state index contributed by atoms with van der Waals surface area (Å²) in [6.45, 7) is 0.951. The minimum atomic E-state index is -3.59. The number of rotatable bonds is 8. The number of benzene rings is 2. The molecular weight excluding hydrogens is 463 g/mol. The maximum absolute atomic E-state index is 12.7. The van der Waals surface area contributed by atoms with Crippen molar-refractivity contribution in [2.24, 2.45) is 5.92 Å². The van der Waals surface area contributed by atoms with Gasteiger partial charge in [-0.1, -0.05) is 29.3 Å². The molecule has 5 nitrogen and oxygen atoms in total. The molecular formula is C21H22Cl2N2O3S2. The number of amides is 1. The third-order valence-electron chi connectivity index (χ3n) is 5.26. The van der Waals surface area contributed by atoms with E-state index in [1.165, 1.54) is 0 Å². The number of carbonyl (C=O) groups is 1. The lowest BCUT2D eigenvalue weighted by molar-refractivity contribution is -0.119. The van der Waals surface area contributed by atoms with Crippen molar-refractivity contribution in [1.82, 2.24) is 4.72 Å². The Morgan fingerprint density at radius 2 is 1.97 bits per heavy atom. The number of nitrogens with one attached hydrogen (secondary N) is 1. The van der Waals surface area contributed by atoms with Gasteiger partial charge in [0.25, 0.3) is 0 Å². The van der Waals surface area contributed by atoms with Crippen molar-refractivity contribution < 1.29 is 13.2 Å². The fourth-order valence-electron chi connectivity index (χ4n) is 3.48. The zero-order valence-corrected chi connectivity index (χ0v) is 19.4. The number of nitrogens with zero attached hydrogens (tertiary/aromatic N) is 1. The Bertz CT molecular complexity index is 1070. The van der Waals surface area contributed by atoms with E-state index in [1.807, 2.05) is 6.07 Å². The van der Waals surface area contributed by atoms with Gasteiger partial charge in [0.05, 0.1) is 4.90 Å². The van der Waals surface area contributed by atoms with E-state index in [9.17, 15) is 13.2 Å². The molecule has 2 aliphatic rings. The van der Waals surface area contributed by atoms with Crippen LogP contribution in [0, 0.1) is 5.92 Å². The summed E-state index contributed by atoms with van der Waals surface area (Å²) in [5, 5.41) is 1.21. The molecule has 1 aliphatic carbocycles. The average molecular weight is 485 g/mol. The summed E-state index contributed by atoms with van der Waals surface area (Å²) in [5.41, 5.74) is 2.73. The standard InChI is InChI=1S/C21H22Cl2N2O3S2/c22-17-4-3-16(19(23)12-17)13-29-10-8-24-30(27,28)18-5-6-20-15(11-18)7-9-25(20)21(26)14-1-2-14/h3-6,11-12,14,24H,1-2,7-10,13H2. The van der Waals surface area contributed by atoms with E-state index >= 15 is 0 Å². The predicted octanol–water partition coefficient (Wildman–Crippen LogP) is 4.50. The van der Waals surface area contributed by atoms with Crippen LogP contribution in [0.5, 0.6) is 0 Å². The lowest BCUT2D eigenvalue weighted by atomic mass is 10.2. The Labute approximate surface area is 191 Å². The van der Waals surface area contributed by atoms with Crippen molar-refractivity contribution in [3.8, 4) is 0 Å². The molecule has 0 radical (unpaired) electrons. The highest BCUT2D eigenvalue weighted by Crippen LogP contribution is 2.37. The van der Waals surface area contributed by atoms with Gasteiger partial charge in [0.1, 0.15) is 0 Å². The topological polar surface area (TPSA) is 66.5 Å². The molecule has 2 aromatic rings. The number of sulfonamides is 1. The average Bonchev–Trinajstić information content (AvgIpc) is 3.47. The number of fused-ring (bicyclic) bond motifs is 1.